The molecule has 0 spiro atoms. The van der Waals surface area contributed by atoms with Crippen LogP contribution < -0.4 is 10.2 Å². The van der Waals surface area contributed by atoms with Crippen LogP contribution in [0.15, 0.2) is 48.5 Å². The predicted octanol–water partition coefficient (Wildman–Crippen LogP) is 2.90. The maximum atomic E-state index is 13.1. The Morgan fingerprint density at radius 2 is 1.50 bits per heavy atom. The fourth-order valence-electron chi connectivity index (χ4n) is 3.50. The van der Waals surface area contributed by atoms with Crippen molar-refractivity contribution in [1.29, 1.82) is 0 Å². The van der Waals surface area contributed by atoms with E-state index in [9.17, 15) is 9.59 Å². The van der Waals surface area contributed by atoms with Crippen LogP contribution in [0.2, 0.25) is 0 Å². The molecular formula is C27H32N2O5. The number of nitrogens with one attached hydrogen (secondary N) is 1. The molecule has 0 saturated heterocycles. The monoisotopic (exact) mass is 464 g/mol. The number of hydrogen-bond donors (Lipinski definition) is 1. The summed E-state index contributed by atoms with van der Waals surface area (Å²) < 4.78 is 16.0. The second-order valence-corrected chi connectivity index (χ2v) is 7.68. The summed E-state index contributed by atoms with van der Waals surface area (Å²) in [6.07, 6.45) is 0.232. The second-order valence-electron chi connectivity index (χ2n) is 7.68. The number of ether oxygens (including phenoxy) is 3. The highest BCUT2D eigenvalue weighted by Gasteiger charge is 2.21. The largest absolute Gasteiger partial charge is 0.379 e. The van der Waals surface area contributed by atoms with Crippen molar-refractivity contribution < 1.29 is 23.8 Å². The van der Waals surface area contributed by atoms with Crippen LogP contribution in [0.5, 0.6) is 0 Å². The number of carbonyl (C=O) groups is 2. The molecule has 0 aromatic heterocycles. The van der Waals surface area contributed by atoms with Gasteiger partial charge in [0.25, 0.3) is 0 Å². The van der Waals surface area contributed by atoms with Crippen LogP contribution in [0.1, 0.15) is 36.5 Å². The minimum absolute atomic E-state index is 0.110. The lowest BCUT2D eigenvalue weighted by molar-refractivity contribution is -0.125. The van der Waals surface area contributed by atoms with Crippen molar-refractivity contribution in [3.63, 3.8) is 0 Å². The maximum absolute atomic E-state index is 13.1. The number of amides is 2. The molecular weight excluding hydrogens is 432 g/mol. The van der Waals surface area contributed by atoms with Crippen LogP contribution >= 0.6 is 0 Å². The van der Waals surface area contributed by atoms with Gasteiger partial charge < -0.3 is 24.4 Å². The number of carbonyl (C=O) groups excluding carboxylic acids is 2. The molecule has 1 N–H and O–H groups in total. The maximum Gasteiger partial charge on any atom is 0.227 e. The molecule has 1 aliphatic rings. The Morgan fingerprint density at radius 1 is 0.853 bits per heavy atom. The number of benzene rings is 2. The highest BCUT2D eigenvalue weighted by Crippen LogP contribution is 2.26. The topological polar surface area (TPSA) is 77.1 Å². The Kier molecular flexibility index (Phi) is 10.6. The lowest BCUT2D eigenvalue weighted by Gasteiger charge is -2.26. The van der Waals surface area contributed by atoms with Gasteiger partial charge in [-0.25, -0.2) is 0 Å². The zero-order chi connectivity index (χ0) is 24.0. The summed E-state index contributed by atoms with van der Waals surface area (Å²) >= 11 is 0. The zero-order valence-electron chi connectivity index (χ0n) is 19.7. The number of hydrogen-bond acceptors (Lipinski definition) is 5. The first kappa shape index (κ1) is 25.4. The lowest BCUT2D eigenvalue weighted by atomic mass is 10.0. The van der Waals surface area contributed by atoms with Gasteiger partial charge in [-0.3, -0.25) is 9.59 Å². The van der Waals surface area contributed by atoms with E-state index in [1.165, 1.54) is 0 Å². The van der Waals surface area contributed by atoms with E-state index in [1.54, 1.807) is 4.90 Å². The van der Waals surface area contributed by atoms with E-state index in [0.29, 0.717) is 52.7 Å². The van der Waals surface area contributed by atoms with Gasteiger partial charge in [-0.1, -0.05) is 42.2 Å². The first-order chi connectivity index (χ1) is 16.7. The number of fused-ring (bicyclic) bond motifs is 2. The molecule has 0 saturated carbocycles. The molecule has 2 amide bonds. The first-order valence-corrected chi connectivity index (χ1v) is 11.7. The van der Waals surface area contributed by atoms with Gasteiger partial charge >= 0.3 is 0 Å². The number of anilines is 1. The van der Waals surface area contributed by atoms with E-state index >= 15 is 0 Å². The van der Waals surface area contributed by atoms with Gasteiger partial charge in [0.1, 0.15) is 0 Å². The van der Waals surface area contributed by atoms with Crippen molar-refractivity contribution in [2.75, 3.05) is 51.1 Å². The van der Waals surface area contributed by atoms with Crippen LogP contribution in [-0.4, -0.2) is 58.0 Å². The van der Waals surface area contributed by atoms with Gasteiger partial charge in [-0.15, -0.1) is 0 Å². The Morgan fingerprint density at radius 3 is 2.29 bits per heavy atom. The van der Waals surface area contributed by atoms with E-state index in [0.717, 1.165) is 22.4 Å². The van der Waals surface area contributed by atoms with Crippen LogP contribution in [-0.2, 0) is 30.3 Å². The molecule has 0 fully saturated rings. The third-order valence-corrected chi connectivity index (χ3v) is 5.26. The number of para-hydroxylation sites is 1. The number of nitrogens with zero attached hydrogens (tertiary/aromatic N) is 1. The minimum Gasteiger partial charge on any atom is -0.379 e. The number of rotatable bonds is 13. The normalized spacial score (nSPS) is 12.0. The average Bonchev–Trinajstić information content (AvgIpc) is 2.85. The molecule has 180 valence electrons. The molecule has 2 aromatic carbocycles. The summed E-state index contributed by atoms with van der Waals surface area (Å²) in [5.41, 5.74) is 3.47. The van der Waals surface area contributed by atoms with Gasteiger partial charge in [0.15, 0.2) is 0 Å². The molecule has 0 atom stereocenters. The second kappa shape index (κ2) is 14.2. The van der Waals surface area contributed by atoms with Crippen molar-refractivity contribution in [1.82, 2.24) is 5.32 Å². The Balaban J connectivity index is 1.43. The van der Waals surface area contributed by atoms with Crippen molar-refractivity contribution in [3.8, 4) is 11.8 Å². The lowest BCUT2D eigenvalue weighted by Crippen LogP contribution is -2.34. The van der Waals surface area contributed by atoms with Crippen LogP contribution in [0.25, 0.3) is 0 Å². The van der Waals surface area contributed by atoms with Crippen LogP contribution in [0.4, 0.5) is 5.69 Å². The molecule has 0 radical (unpaired) electrons. The van der Waals surface area contributed by atoms with Gasteiger partial charge in [0.2, 0.25) is 11.8 Å². The Bertz CT molecular complexity index is 1010. The van der Waals surface area contributed by atoms with Crippen molar-refractivity contribution in [3.05, 3.63) is 65.2 Å². The first-order valence-electron chi connectivity index (χ1n) is 11.7. The third kappa shape index (κ3) is 7.99. The summed E-state index contributed by atoms with van der Waals surface area (Å²) in [7, 11) is 0. The quantitative estimate of drug-likeness (QED) is 0.364. The van der Waals surface area contributed by atoms with Crippen molar-refractivity contribution >= 4 is 17.5 Å². The average molecular weight is 465 g/mol. The van der Waals surface area contributed by atoms with E-state index in [-0.39, 0.29) is 24.7 Å². The highest BCUT2D eigenvalue weighted by molar-refractivity contribution is 5.96. The molecule has 34 heavy (non-hydrogen) atoms. The van der Waals surface area contributed by atoms with Crippen LogP contribution in [0, 0.1) is 11.8 Å². The molecule has 2 aromatic rings. The molecule has 1 aliphatic heterocycles. The SMILES string of the molecule is CCOCCOCCOCCNC(=O)CCC(=O)N1Cc2ccccc2C#Cc2ccccc21. The third-order valence-electron chi connectivity index (χ3n) is 5.26. The molecule has 7 heteroatoms. The van der Waals surface area contributed by atoms with Gasteiger partial charge in [-0.05, 0) is 30.7 Å². The summed E-state index contributed by atoms with van der Waals surface area (Å²) in [5, 5.41) is 2.80. The molecule has 7 nitrogen and oxygen atoms in total. The summed E-state index contributed by atoms with van der Waals surface area (Å²) in [6.45, 7) is 5.89. The van der Waals surface area contributed by atoms with Crippen LogP contribution in [0.3, 0.4) is 0 Å². The van der Waals surface area contributed by atoms with E-state index in [1.807, 2.05) is 55.5 Å². The summed E-state index contributed by atoms with van der Waals surface area (Å²) in [5.74, 6) is 6.10. The van der Waals surface area contributed by atoms with Crippen molar-refractivity contribution in [2.45, 2.75) is 26.3 Å². The molecule has 3 rings (SSSR count). The Hall–Kier alpha value is -3.18. The predicted molar refractivity (Wildman–Crippen MR) is 130 cm³/mol. The standard InChI is InChI=1S/C27H32N2O5/c1-2-32-17-18-34-20-19-33-16-15-28-26(30)13-14-27(31)29-21-24-9-4-3-7-22(24)11-12-23-8-5-6-10-25(23)29/h3-10H,2,13-21H2,1H3,(H,28,30). The smallest absolute Gasteiger partial charge is 0.227 e. The van der Waals surface area contributed by atoms with Gasteiger partial charge in [0, 0.05) is 37.1 Å². The minimum atomic E-state index is -0.176. The molecule has 1 heterocycles. The van der Waals surface area contributed by atoms with E-state index < -0.39 is 0 Å². The van der Waals surface area contributed by atoms with Gasteiger partial charge in [0.05, 0.1) is 45.3 Å². The molecule has 0 unspecified atom stereocenters. The fourth-order valence-corrected chi connectivity index (χ4v) is 3.50. The Labute approximate surface area is 201 Å². The van der Waals surface area contributed by atoms with Gasteiger partial charge in [-0.2, -0.15) is 0 Å². The molecule has 0 bridgehead atoms. The van der Waals surface area contributed by atoms with Crippen molar-refractivity contribution in [2.24, 2.45) is 0 Å². The summed E-state index contributed by atoms with van der Waals surface area (Å²) in [4.78, 5) is 27.1. The van der Waals surface area contributed by atoms with E-state index in [4.69, 9.17) is 14.2 Å². The summed E-state index contributed by atoms with van der Waals surface area (Å²) in [6, 6.07) is 15.4. The zero-order valence-corrected chi connectivity index (χ0v) is 19.7. The fraction of sp³-hybridized carbons (Fsp3) is 0.407. The molecule has 0 aliphatic carbocycles. The van der Waals surface area contributed by atoms with E-state index in [2.05, 4.69) is 17.2 Å². The highest BCUT2D eigenvalue weighted by atomic mass is 16.5.